The van der Waals surface area contributed by atoms with Crippen molar-refractivity contribution in [2.24, 2.45) is 11.8 Å². The van der Waals surface area contributed by atoms with Gasteiger partial charge in [0.25, 0.3) is 0 Å². The van der Waals surface area contributed by atoms with E-state index in [2.05, 4.69) is 60.4 Å². The monoisotopic (exact) mass is 336 g/mol. The maximum Gasteiger partial charge on any atom is 0.0929 e. The number of nitrogens with zero attached hydrogens (tertiary/aromatic N) is 2. The van der Waals surface area contributed by atoms with Gasteiger partial charge >= 0.3 is 0 Å². The summed E-state index contributed by atoms with van der Waals surface area (Å²) >= 11 is 0. The maximum absolute atomic E-state index is 4.48. The number of benzene rings is 1. The van der Waals surface area contributed by atoms with Crippen LogP contribution in [0.3, 0.4) is 0 Å². The van der Waals surface area contributed by atoms with E-state index in [0.717, 1.165) is 29.6 Å². The van der Waals surface area contributed by atoms with E-state index in [9.17, 15) is 0 Å². The van der Waals surface area contributed by atoms with Crippen LogP contribution in [0.4, 0.5) is 0 Å². The quantitative estimate of drug-likeness (QED) is 0.597. The number of aryl methyl sites for hydroxylation is 2. The molecule has 25 heavy (non-hydrogen) atoms. The van der Waals surface area contributed by atoms with Crippen molar-refractivity contribution in [1.82, 2.24) is 10.2 Å². The molecule has 1 aliphatic carbocycles. The molecule has 0 aliphatic heterocycles. The number of hydrogen-bond donors (Lipinski definition) is 0. The van der Waals surface area contributed by atoms with Crippen LogP contribution in [-0.2, 0) is 12.8 Å². The predicted molar refractivity (Wildman–Crippen MR) is 106 cm³/mol. The average molecular weight is 337 g/mol. The van der Waals surface area contributed by atoms with Gasteiger partial charge in [-0.3, -0.25) is 0 Å². The number of hydrogen-bond acceptors (Lipinski definition) is 2. The van der Waals surface area contributed by atoms with Crippen molar-refractivity contribution in [2.45, 2.75) is 71.6 Å². The van der Waals surface area contributed by atoms with Gasteiger partial charge in [-0.2, -0.15) is 10.2 Å². The highest BCUT2D eigenvalue weighted by atomic mass is 15.1. The van der Waals surface area contributed by atoms with Gasteiger partial charge in [0.15, 0.2) is 0 Å². The molecule has 2 heteroatoms. The molecule has 0 atom stereocenters. The first kappa shape index (κ1) is 18.1. The first-order valence-corrected chi connectivity index (χ1v) is 10.2. The molecule has 0 bridgehead atoms. The van der Waals surface area contributed by atoms with Gasteiger partial charge in [-0.1, -0.05) is 70.2 Å². The molecule has 1 saturated carbocycles. The van der Waals surface area contributed by atoms with Gasteiger partial charge in [-0.05, 0) is 55.2 Å². The topological polar surface area (TPSA) is 25.8 Å². The lowest BCUT2D eigenvalue weighted by molar-refractivity contribution is 0.277. The minimum Gasteiger partial charge on any atom is -0.155 e. The van der Waals surface area contributed by atoms with Gasteiger partial charge in [-0.25, -0.2) is 0 Å². The summed E-state index contributed by atoms with van der Waals surface area (Å²) in [6.45, 7) is 4.62. The molecule has 0 spiro atoms. The molecular formula is C23H32N2. The molecule has 1 aromatic carbocycles. The lowest BCUT2D eigenvalue weighted by Crippen LogP contribution is -2.13. The Balaban J connectivity index is 1.53. The van der Waals surface area contributed by atoms with Crippen molar-refractivity contribution in [3.8, 4) is 11.3 Å². The van der Waals surface area contributed by atoms with E-state index in [0.29, 0.717) is 0 Å². The summed E-state index contributed by atoms with van der Waals surface area (Å²) in [4.78, 5) is 0. The van der Waals surface area contributed by atoms with Crippen LogP contribution < -0.4 is 0 Å². The largest absolute Gasteiger partial charge is 0.155 e. The van der Waals surface area contributed by atoms with Crippen LogP contribution in [0, 0.1) is 11.8 Å². The number of aromatic nitrogens is 2. The molecule has 0 amide bonds. The van der Waals surface area contributed by atoms with E-state index >= 15 is 0 Å². The third-order valence-electron chi connectivity index (χ3n) is 5.73. The molecular weight excluding hydrogens is 304 g/mol. The number of rotatable bonds is 7. The van der Waals surface area contributed by atoms with Crippen LogP contribution >= 0.6 is 0 Å². The highest BCUT2D eigenvalue weighted by Gasteiger charge is 2.18. The van der Waals surface area contributed by atoms with Crippen LogP contribution in [0.25, 0.3) is 11.3 Å². The van der Waals surface area contributed by atoms with Crippen LogP contribution in [0.5, 0.6) is 0 Å². The Labute approximate surface area is 153 Å². The van der Waals surface area contributed by atoms with E-state index in [4.69, 9.17) is 0 Å². The highest BCUT2D eigenvalue weighted by Crippen LogP contribution is 2.31. The lowest BCUT2D eigenvalue weighted by Gasteiger charge is -2.25. The van der Waals surface area contributed by atoms with Gasteiger partial charge in [0.05, 0.1) is 11.4 Å². The zero-order valence-corrected chi connectivity index (χ0v) is 15.9. The third-order valence-corrected chi connectivity index (χ3v) is 5.73. The van der Waals surface area contributed by atoms with Crippen molar-refractivity contribution in [2.75, 3.05) is 0 Å². The lowest BCUT2D eigenvalue weighted by atomic mass is 9.81. The van der Waals surface area contributed by atoms with Crippen molar-refractivity contribution in [3.05, 3.63) is 47.7 Å². The fraction of sp³-hybridized carbons (Fsp3) is 0.565. The minimum atomic E-state index is 0.897. The van der Waals surface area contributed by atoms with Gasteiger partial charge < -0.3 is 0 Å². The summed E-state index contributed by atoms with van der Waals surface area (Å²) in [5, 5.41) is 8.94. The Morgan fingerprint density at radius 3 is 2.28 bits per heavy atom. The van der Waals surface area contributed by atoms with E-state index in [1.807, 2.05) is 0 Å². The molecule has 0 N–H and O–H groups in total. The van der Waals surface area contributed by atoms with Gasteiger partial charge in [0, 0.05) is 5.56 Å². The molecule has 0 saturated heterocycles. The van der Waals surface area contributed by atoms with E-state index in [1.54, 1.807) is 0 Å². The summed E-state index contributed by atoms with van der Waals surface area (Å²) < 4.78 is 0. The molecule has 0 unspecified atom stereocenters. The Morgan fingerprint density at radius 2 is 1.64 bits per heavy atom. The standard InChI is InChI=1S/C23H32N2/c1-3-4-5-19-10-13-21(14-11-19)23-17-16-22(24-25-23)15-12-20-8-6-18(2)7-9-20/h10-11,13-14,16-18,20H,3-9,12,15H2,1-2H3. The van der Waals surface area contributed by atoms with E-state index < -0.39 is 0 Å². The normalized spacial score (nSPS) is 20.6. The van der Waals surface area contributed by atoms with Crippen LogP contribution in [0.1, 0.15) is 70.1 Å². The van der Waals surface area contributed by atoms with Crippen molar-refractivity contribution in [1.29, 1.82) is 0 Å². The van der Waals surface area contributed by atoms with Gasteiger partial charge in [0.2, 0.25) is 0 Å². The highest BCUT2D eigenvalue weighted by molar-refractivity contribution is 5.58. The summed E-state index contributed by atoms with van der Waals surface area (Å²) in [5.41, 5.74) is 4.71. The molecule has 2 aromatic rings. The second kappa shape index (κ2) is 9.12. The van der Waals surface area contributed by atoms with Crippen LogP contribution in [-0.4, -0.2) is 10.2 Å². The first-order valence-electron chi connectivity index (χ1n) is 10.2. The van der Waals surface area contributed by atoms with Crippen molar-refractivity contribution < 1.29 is 0 Å². The Hall–Kier alpha value is -1.70. The molecule has 3 rings (SSSR count). The molecule has 1 heterocycles. The molecule has 1 aromatic heterocycles. The van der Waals surface area contributed by atoms with E-state index in [-0.39, 0.29) is 0 Å². The Bertz CT molecular complexity index is 622. The van der Waals surface area contributed by atoms with Gasteiger partial charge in [-0.15, -0.1) is 0 Å². The van der Waals surface area contributed by atoms with Crippen molar-refractivity contribution >= 4 is 0 Å². The summed E-state index contributed by atoms with van der Waals surface area (Å²) in [6, 6.07) is 13.1. The Kier molecular flexibility index (Phi) is 6.61. The molecule has 1 fully saturated rings. The smallest absolute Gasteiger partial charge is 0.0929 e. The van der Waals surface area contributed by atoms with Crippen molar-refractivity contribution in [3.63, 3.8) is 0 Å². The summed E-state index contributed by atoms with van der Waals surface area (Å²) in [7, 11) is 0. The zero-order chi connectivity index (χ0) is 17.5. The molecule has 0 radical (unpaired) electrons. The minimum absolute atomic E-state index is 0.897. The second-order valence-electron chi connectivity index (χ2n) is 7.87. The fourth-order valence-electron chi connectivity index (χ4n) is 3.84. The maximum atomic E-state index is 4.48. The summed E-state index contributed by atoms with van der Waals surface area (Å²) in [5.74, 6) is 1.83. The Morgan fingerprint density at radius 1 is 0.880 bits per heavy atom. The second-order valence-corrected chi connectivity index (χ2v) is 7.87. The molecule has 1 aliphatic rings. The number of unbranched alkanes of at least 4 members (excludes halogenated alkanes) is 1. The zero-order valence-electron chi connectivity index (χ0n) is 15.9. The SMILES string of the molecule is CCCCc1ccc(-c2ccc(CCC3CCC(C)CC3)nn2)cc1. The average Bonchev–Trinajstić information content (AvgIpc) is 2.67. The van der Waals surface area contributed by atoms with E-state index in [1.165, 1.54) is 62.5 Å². The summed E-state index contributed by atoms with van der Waals surface area (Å²) in [6.07, 6.45) is 11.6. The molecule has 134 valence electrons. The van der Waals surface area contributed by atoms with Gasteiger partial charge in [0.1, 0.15) is 0 Å². The fourth-order valence-corrected chi connectivity index (χ4v) is 3.84. The molecule has 2 nitrogen and oxygen atoms in total. The first-order chi connectivity index (χ1) is 12.2. The van der Waals surface area contributed by atoms with Crippen LogP contribution in [0.2, 0.25) is 0 Å². The third kappa shape index (κ3) is 5.39. The predicted octanol–water partition coefficient (Wildman–Crippen LogP) is 6.25. The van der Waals surface area contributed by atoms with Crippen LogP contribution in [0.15, 0.2) is 36.4 Å².